The smallest absolute Gasteiger partial charge is 0.274 e. The summed E-state index contributed by atoms with van der Waals surface area (Å²) >= 11 is 0. The minimum atomic E-state index is -0.357. The average Bonchev–Trinajstić information content (AvgIpc) is 2.68. The zero-order valence-corrected chi connectivity index (χ0v) is 16.5. The van der Waals surface area contributed by atoms with Gasteiger partial charge in [-0.3, -0.25) is 14.6 Å². The SMILES string of the molecule is Cc1ccc(NC(=O)c2cc(C(=O)Nc3cccc(C)c3C)ccn2)cc1C. The van der Waals surface area contributed by atoms with Crippen molar-refractivity contribution >= 4 is 23.2 Å². The normalized spacial score (nSPS) is 10.4. The molecule has 0 fully saturated rings. The molecule has 142 valence electrons. The molecule has 28 heavy (non-hydrogen) atoms. The third kappa shape index (κ3) is 4.26. The molecule has 2 N–H and O–H groups in total. The number of carbonyl (C=O) groups is 2. The molecule has 0 spiro atoms. The van der Waals surface area contributed by atoms with Crippen molar-refractivity contribution in [2.45, 2.75) is 27.7 Å². The van der Waals surface area contributed by atoms with Crippen molar-refractivity contribution in [2.75, 3.05) is 10.6 Å². The summed E-state index contributed by atoms with van der Waals surface area (Å²) in [4.78, 5) is 29.3. The third-order valence-corrected chi connectivity index (χ3v) is 4.87. The average molecular weight is 373 g/mol. The van der Waals surface area contributed by atoms with Crippen molar-refractivity contribution in [3.63, 3.8) is 0 Å². The van der Waals surface area contributed by atoms with Gasteiger partial charge in [0.2, 0.25) is 0 Å². The first kappa shape index (κ1) is 19.3. The number of benzene rings is 2. The van der Waals surface area contributed by atoms with Gasteiger partial charge in [0, 0.05) is 23.1 Å². The molecule has 5 heteroatoms. The van der Waals surface area contributed by atoms with E-state index in [1.807, 2.05) is 64.1 Å². The maximum Gasteiger partial charge on any atom is 0.274 e. The fourth-order valence-corrected chi connectivity index (χ4v) is 2.79. The Balaban J connectivity index is 1.77. The van der Waals surface area contributed by atoms with Crippen LogP contribution in [0.25, 0.3) is 0 Å². The molecule has 2 aromatic carbocycles. The van der Waals surface area contributed by atoms with E-state index >= 15 is 0 Å². The van der Waals surface area contributed by atoms with Gasteiger partial charge in [0.25, 0.3) is 11.8 Å². The summed E-state index contributed by atoms with van der Waals surface area (Å²) in [6, 6.07) is 14.5. The largest absolute Gasteiger partial charge is 0.322 e. The number of pyridine rings is 1. The van der Waals surface area contributed by atoms with E-state index in [0.717, 1.165) is 27.9 Å². The fraction of sp³-hybridized carbons (Fsp3) is 0.174. The second-order valence-corrected chi connectivity index (χ2v) is 6.88. The zero-order valence-electron chi connectivity index (χ0n) is 16.5. The van der Waals surface area contributed by atoms with Gasteiger partial charge in [-0.2, -0.15) is 0 Å². The molecule has 0 aliphatic rings. The molecule has 0 bridgehead atoms. The second kappa shape index (κ2) is 8.05. The summed E-state index contributed by atoms with van der Waals surface area (Å²) in [6.45, 7) is 7.95. The molecule has 1 aromatic heterocycles. The van der Waals surface area contributed by atoms with Crippen molar-refractivity contribution in [3.05, 3.63) is 88.2 Å². The van der Waals surface area contributed by atoms with Gasteiger partial charge in [0.05, 0.1) is 0 Å². The highest BCUT2D eigenvalue weighted by Gasteiger charge is 2.13. The summed E-state index contributed by atoms with van der Waals surface area (Å²) in [5.74, 6) is -0.638. The summed E-state index contributed by atoms with van der Waals surface area (Å²) in [5, 5.41) is 5.72. The molecule has 0 unspecified atom stereocenters. The van der Waals surface area contributed by atoms with E-state index in [1.54, 1.807) is 6.07 Å². The number of nitrogens with zero attached hydrogens (tertiary/aromatic N) is 1. The zero-order chi connectivity index (χ0) is 20.3. The van der Waals surface area contributed by atoms with Gasteiger partial charge >= 0.3 is 0 Å². The highest BCUT2D eigenvalue weighted by Crippen LogP contribution is 2.19. The van der Waals surface area contributed by atoms with Gasteiger partial charge in [0.1, 0.15) is 5.69 Å². The van der Waals surface area contributed by atoms with Crippen molar-refractivity contribution in [1.29, 1.82) is 0 Å². The van der Waals surface area contributed by atoms with E-state index < -0.39 is 0 Å². The van der Waals surface area contributed by atoms with Crippen LogP contribution in [-0.4, -0.2) is 16.8 Å². The molecule has 0 aliphatic heterocycles. The topological polar surface area (TPSA) is 71.1 Å². The molecule has 0 atom stereocenters. The number of aryl methyl sites for hydroxylation is 3. The van der Waals surface area contributed by atoms with Crippen LogP contribution < -0.4 is 10.6 Å². The van der Waals surface area contributed by atoms with Crippen LogP contribution in [0.2, 0.25) is 0 Å². The highest BCUT2D eigenvalue weighted by molar-refractivity contribution is 6.08. The predicted octanol–water partition coefficient (Wildman–Crippen LogP) is 4.82. The summed E-state index contributed by atoms with van der Waals surface area (Å²) in [6.07, 6.45) is 1.47. The van der Waals surface area contributed by atoms with Crippen molar-refractivity contribution in [2.24, 2.45) is 0 Å². The Morgan fingerprint density at radius 3 is 2.32 bits per heavy atom. The number of rotatable bonds is 4. The van der Waals surface area contributed by atoms with Crippen LogP contribution >= 0.6 is 0 Å². The molecule has 0 saturated carbocycles. The van der Waals surface area contributed by atoms with Gasteiger partial charge in [-0.25, -0.2) is 0 Å². The van der Waals surface area contributed by atoms with Crippen LogP contribution in [-0.2, 0) is 0 Å². The maximum atomic E-state index is 12.6. The Hall–Kier alpha value is -3.47. The van der Waals surface area contributed by atoms with E-state index in [4.69, 9.17) is 0 Å². The first-order valence-corrected chi connectivity index (χ1v) is 9.07. The first-order valence-electron chi connectivity index (χ1n) is 9.07. The fourth-order valence-electron chi connectivity index (χ4n) is 2.79. The predicted molar refractivity (Wildman–Crippen MR) is 112 cm³/mol. The van der Waals surface area contributed by atoms with Gasteiger partial charge in [-0.05, 0) is 80.3 Å². The number of hydrogen-bond donors (Lipinski definition) is 2. The molecule has 0 aliphatic carbocycles. The Morgan fingerprint density at radius 1 is 0.786 bits per heavy atom. The number of aromatic nitrogens is 1. The van der Waals surface area contributed by atoms with E-state index in [0.29, 0.717) is 11.3 Å². The molecule has 5 nitrogen and oxygen atoms in total. The van der Waals surface area contributed by atoms with Crippen LogP contribution in [0, 0.1) is 27.7 Å². The second-order valence-electron chi connectivity index (χ2n) is 6.88. The number of anilines is 2. The van der Waals surface area contributed by atoms with Gasteiger partial charge in [0.15, 0.2) is 0 Å². The number of hydrogen-bond acceptors (Lipinski definition) is 3. The van der Waals surface area contributed by atoms with Crippen LogP contribution in [0.5, 0.6) is 0 Å². The van der Waals surface area contributed by atoms with E-state index in [-0.39, 0.29) is 17.5 Å². The Bertz CT molecular complexity index is 1060. The van der Waals surface area contributed by atoms with E-state index in [9.17, 15) is 9.59 Å². The van der Waals surface area contributed by atoms with Crippen LogP contribution in [0.3, 0.4) is 0 Å². The molecule has 0 radical (unpaired) electrons. The van der Waals surface area contributed by atoms with E-state index in [2.05, 4.69) is 15.6 Å². The minimum absolute atomic E-state index is 0.187. The number of nitrogens with one attached hydrogen (secondary N) is 2. The Morgan fingerprint density at radius 2 is 1.57 bits per heavy atom. The molecular formula is C23H23N3O2. The van der Waals surface area contributed by atoms with Crippen LogP contribution in [0.4, 0.5) is 11.4 Å². The number of carbonyl (C=O) groups excluding carboxylic acids is 2. The van der Waals surface area contributed by atoms with E-state index in [1.165, 1.54) is 12.3 Å². The summed E-state index contributed by atoms with van der Waals surface area (Å²) in [5.41, 5.74) is 6.36. The maximum absolute atomic E-state index is 12.6. The molecular weight excluding hydrogens is 350 g/mol. The lowest BCUT2D eigenvalue weighted by Gasteiger charge is -2.11. The molecule has 3 aromatic rings. The lowest BCUT2D eigenvalue weighted by molar-refractivity contribution is 0.102. The van der Waals surface area contributed by atoms with Crippen LogP contribution in [0.1, 0.15) is 43.1 Å². The number of amides is 2. The lowest BCUT2D eigenvalue weighted by Crippen LogP contribution is -2.17. The lowest BCUT2D eigenvalue weighted by atomic mass is 10.1. The first-order chi connectivity index (χ1) is 13.3. The van der Waals surface area contributed by atoms with Crippen molar-refractivity contribution < 1.29 is 9.59 Å². The van der Waals surface area contributed by atoms with Crippen molar-refractivity contribution in [3.8, 4) is 0 Å². The van der Waals surface area contributed by atoms with Gasteiger partial charge in [-0.1, -0.05) is 18.2 Å². The molecule has 3 rings (SSSR count). The Labute approximate surface area is 164 Å². The van der Waals surface area contributed by atoms with Crippen molar-refractivity contribution in [1.82, 2.24) is 4.98 Å². The minimum Gasteiger partial charge on any atom is -0.322 e. The standard InChI is InChI=1S/C23H23N3O2/c1-14-8-9-19(12-16(14)3)25-23(28)21-13-18(10-11-24-21)22(27)26-20-7-5-6-15(2)17(20)4/h5-13H,1-4H3,(H,25,28)(H,26,27). The molecule has 2 amide bonds. The van der Waals surface area contributed by atoms with Crippen LogP contribution in [0.15, 0.2) is 54.7 Å². The monoisotopic (exact) mass is 373 g/mol. The summed E-state index contributed by atoms with van der Waals surface area (Å²) < 4.78 is 0. The quantitative estimate of drug-likeness (QED) is 0.689. The highest BCUT2D eigenvalue weighted by atomic mass is 16.2. The summed E-state index contributed by atoms with van der Waals surface area (Å²) in [7, 11) is 0. The third-order valence-electron chi connectivity index (χ3n) is 4.87. The Kier molecular flexibility index (Phi) is 5.54. The van der Waals surface area contributed by atoms with Gasteiger partial charge < -0.3 is 10.6 Å². The molecule has 1 heterocycles. The van der Waals surface area contributed by atoms with Gasteiger partial charge in [-0.15, -0.1) is 0 Å². The molecule has 0 saturated heterocycles.